The number of benzene rings is 1. The van der Waals surface area contributed by atoms with Crippen LogP contribution < -0.4 is 4.74 Å². The molecule has 2 aliphatic heterocycles. The number of likely N-dealkylation sites (tertiary alicyclic amines) is 1. The Hall–Kier alpha value is -1.06. The standard InChI is InChI=1S/C15H21NO2/c1-11-9-16(7-6-14(11)17)10-13-8-12-4-2-3-5-15(12)18-13/h2-5,11,13-14,17H,6-10H2,1H3. The first-order chi connectivity index (χ1) is 8.72. The first-order valence-corrected chi connectivity index (χ1v) is 6.87. The molecular formula is C15H21NO2. The third kappa shape index (κ3) is 2.38. The first kappa shape index (κ1) is 12.0. The molecule has 1 saturated heterocycles. The van der Waals surface area contributed by atoms with Crippen LogP contribution in [0.3, 0.4) is 0 Å². The van der Waals surface area contributed by atoms with Gasteiger partial charge in [0.15, 0.2) is 0 Å². The number of aliphatic hydroxyl groups is 1. The van der Waals surface area contributed by atoms with Gasteiger partial charge in [-0.25, -0.2) is 0 Å². The lowest BCUT2D eigenvalue weighted by molar-refractivity contribution is 0.0218. The van der Waals surface area contributed by atoms with Crippen molar-refractivity contribution in [3.63, 3.8) is 0 Å². The molecule has 1 aromatic carbocycles. The van der Waals surface area contributed by atoms with Crippen molar-refractivity contribution in [2.75, 3.05) is 19.6 Å². The lowest BCUT2D eigenvalue weighted by Crippen LogP contribution is -2.45. The lowest BCUT2D eigenvalue weighted by Gasteiger charge is -2.35. The molecule has 0 radical (unpaired) electrons. The summed E-state index contributed by atoms with van der Waals surface area (Å²) in [5, 5.41) is 9.74. The summed E-state index contributed by atoms with van der Waals surface area (Å²) in [5.74, 6) is 1.43. The maximum Gasteiger partial charge on any atom is 0.123 e. The largest absolute Gasteiger partial charge is 0.488 e. The highest BCUT2D eigenvalue weighted by Gasteiger charge is 2.29. The Morgan fingerprint density at radius 2 is 2.22 bits per heavy atom. The van der Waals surface area contributed by atoms with E-state index in [2.05, 4.69) is 30.0 Å². The molecule has 3 heteroatoms. The number of para-hydroxylation sites is 1. The van der Waals surface area contributed by atoms with Crippen molar-refractivity contribution >= 4 is 0 Å². The van der Waals surface area contributed by atoms with Gasteiger partial charge >= 0.3 is 0 Å². The summed E-state index contributed by atoms with van der Waals surface area (Å²) in [6, 6.07) is 8.31. The van der Waals surface area contributed by atoms with Crippen LogP contribution in [0.5, 0.6) is 5.75 Å². The van der Waals surface area contributed by atoms with Gasteiger partial charge in [-0.1, -0.05) is 25.1 Å². The number of hydrogen-bond donors (Lipinski definition) is 1. The van der Waals surface area contributed by atoms with Crippen molar-refractivity contribution in [2.45, 2.75) is 32.0 Å². The minimum Gasteiger partial charge on any atom is -0.488 e. The SMILES string of the molecule is CC1CN(CC2Cc3ccccc3O2)CCC1O. The van der Waals surface area contributed by atoms with E-state index in [1.165, 1.54) is 5.56 Å². The van der Waals surface area contributed by atoms with E-state index >= 15 is 0 Å². The van der Waals surface area contributed by atoms with Gasteiger partial charge in [0, 0.05) is 26.1 Å². The molecule has 1 N–H and O–H groups in total. The summed E-state index contributed by atoms with van der Waals surface area (Å²) in [5.41, 5.74) is 1.33. The van der Waals surface area contributed by atoms with E-state index in [4.69, 9.17) is 4.74 Å². The van der Waals surface area contributed by atoms with E-state index < -0.39 is 0 Å². The molecule has 0 aliphatic carbocycles. The van der Waals surface area contributed by atoms with Gasteiger partial charge in [-0.15, -0.1) is 0 Å². The molecule has 3 unspecified atom stereocenters. The van der Waals surface area contributed by atoms with Crippen LogP contribution in [0.4, 0.5) is 0 Å². The second-order valence-corrected chi connectivity index (χ2v) is 5.64. The molecule has 0 spiro atoms. The Balaban J connectivity index is 1.57. The first-order valence-electron chi connectivity index (χ1n) is 6.87. The van der Waals surface area contributed by atoms with Crippen LogP contribution in [0.25, 0.3) is 0 Å². The Labute approximate surface area is 108 Å². The Kier molecular flexibility index (Phi) is 3.27. The molecule has 3 nitrogen and oxygen atoms in total. The third-order valence-electron chi connectivity index (χ3n) is 4.12. The molecule has 0 bridgehead atoms. The van der Waals surface area contributed by atoms with Gasteiger partial charge in [-0.05, 0) is 24.0 Å². The van der Waals surface area contributed by atoms with Gasteiger partial charge < -0.3 is 9.84 Å². The maximum absolute atomic E-state index is 9.74. The van der Waals surface area contributed by atoms with Gasteiger partial charge in [0.2, 0.25) is 0 Å². The summed E-state index contributed by atoms with van der Waals surface area (Å²) in [6.45, 7) is 5.08. The summed E-state index contributed by atoms with van der Waals surface area (Å²) < 4.78 is 5.97. The zero-order valence-electron chi connectivity index (χ0n) is 10.9. The van der Waals surface area contributed by atoms with Crippen molar-refractivity contribution in [3.05, 3.63) is 29.8 Å². The molecule has 98 valence electrons. The van der Waals surface area contributed by atoms with Gasteiger partial charge in [-0.2, -0.15) is 0 Å². The van der Waals surface area contributed by atoms with E-state index in [-0.39, 0.29) is 12.2 Å². The normalized spacial score (nSPS) is 32.0. The molecule has 2 aliphatic rings. The Morgan fingerprint density at radius 1 is 1.39 bits per heavy atom. The fourth-order valence-corrected chi connectivity index (χ4v) is 3.03. The average molecular weight is 247 g/mol. The predicted octanol–water partition coefficient (Wildman–Crippen LogP) is 1.69. The van der Waals surface area contributed by atoms with Crippen LogP contribution in [-0.4, -0.2) is 41.8 Å². The molecule has 3 atom stereocenters. The Bertz CT molecular complexity index is 396. The lowest BCUT2D eigenvalue weighted by atomic mass is 9.96. The van der Waals surface area contributed by atoms with Gasteiger partial charge in [0.05, 0.1) is 6.10 Å². The molecule has 18 heavy (non-hydrogen) atoms. The second kappa shape index (κ2) is 4.90. The molecule has 1 aromatic rings. The highest BCUT2D eigenvalue weighted by atomic mass is 16.5. The van der Waals surface area contributed by atoms with Crippen LogP contribution >= 0.6 is 0 Å². The summed E-state index contributed by atoms with van der Waals surface area (Å²) in [4.78, 5) is 2.42. The molecule has 0 saturated carbocycles. The summed E-state index contributed by atoms with van der Waals surface area (Å²) in [6.07, 6.45) is 2.07. The number of fused-ring (bicyclic) bond motifs is 1. The van der Waals surface area contributed by atoms with E-state index in [0.29, 0.717) is 5.92 Å². The number of ether oxygens (including phenoxy) is 1. The highest BCUT2D eigenvalue weighted by Crippen LogP contribution is 2.29. The van der Waals surface area contributed by atoms with Crippen LogP contribution in [0, 0.1) is 5.92 Å². The van der Waals surface area contributed by atoms with E-state index in [9.17, 15) is 5.11 Å². The number of rotatable bonds is 2. The average Bonchev–Trinajstić information content (AvgIpc) is 2.76. The van der Waals surface area contributed by atoms with E-state index in [0.717, 1.165) is 38.2 Å². The van der Waals surface area contributed by atoms with Crippen LogP contribution in [0.2, 0.25) is 0 Å². The van der Waals surface area contributed by atoms with Gasteiger partial charge in [-0.3, -0.25) is 4.90 Å². The summed E-state index contributed by atoms with van der Waals surface area (Å²) >= 11 is 0. The predicted molar refractivity (Wildman–Crippen MR) is 70.8 cm³/mol. The van der Waals surface area contributed by atoms with Crippen molar-refractivity contribution in [1.29, 1.82) is 0 Å². The molecule has 2 heterocycles. The van der Waals surface area contributed by atoms with Gasteiger partial charge in [0.25, 0.3) is 0 Å². The van der Waals surface area contributed by atoms with Crippen molar-refractivity contribution in [3.8, 4) is 5.75 Å². The van der Waals surface area contributed by atoms with Gasteiger partial charge in [0.1, 0.15) is 11.9 Å². The second-order valence-electron chi connectivity index (χ2n) is 5.64. The van der Waals surface area contributed by atoms with Crippen LogP contribution in [0.15, 0.2) is 24.3 Å². The van der Waals surface area contributed by atoms with Crippen molar-refractivity contribution < 1.29 is 9.84 Å². The quantitative estimate of drug-likeness (QED) is 0.863. The number of piperidine rings is 1. The third-order valence-corrected chi connectivity index (χ3v) is 4.12. The Morgan fingerprint density at radius 3 is 3.00 bits per heavy atom. The van der Waals surface area contributed by atoms with Crippen molar-refractivity contribution in [2.24, 2.45) is 5.92 Å². The number of aliphatic hydroxyl groups excluding tert-OH is 1. The fourth-order valence-electron chi connectivity index (χ4n) is 3.03. The monoisotopic (exact) mass is 247 g/mol. The zero-order valence-corrected chi connectivity index (χ0v) is 10.9. The van der Waals surface area contributed by atoms with Crippen LogP contribution in [0.1, 0.15) is 18.9 Å². The van der Waals surface area contributed by atoms with E-state index in [1.54, 1.807) is 0 Å². The zero-order chi connectivity index (χ0) is 12.5. The van der Waals surface area contributed by atoms with E-state index in [1.807, 2.05) is 6.07 Å². The molecule has 1 fully saturated rings. The molecule has 0 aromatic heterocycles. The molecular weight excluding hydrogens is 226 g/mol. The minimum atomic E-state index is -0.122. The minimum absolute atomic E-state index is 0.122. The number of hydrogen-bond acceptors (Lipinski definition) is 3. The highest BCUT2D eigenvalue weighted by molar-refractivity contribution is 5.37. The van der Waals surface area contributed by atoms with Crippen molar-refractivity contribution in [1.82, 2.24) is 4.90 Å². The van der Waals surface area contributed by atoms with Crippen LogP contribution in [-0.2, 0) is 6.42 Å². The maximum atomic E-state index is 9.74. The fraction of sp³-hybridized carbons (Fsp3) is 0.600. The molecule has 0 amide bonds. The topological polar surface area (TPSA) is 32.7 Å². The molecule has 3 rings (SSSR count). The summed E-state index contributed by atoms with van der Waals surface area (Å²) in [7, 11) is 0. The smallest absolute Gasteiger partial charge is 0.123 e. The number of nitrogens with zero attached hydrogens (tertiary/aromatic N) is 1.